The van der Waals surface area contributed by atoms with Gasteiger partial charge in [-0.25, -0.2) is 4.98 Å². The standard InChI is InChI=1S/C10H8INO2/c1-5-2-6(11)3-7-8(13)4-9(14)12-10(5)7/h2-4H,1H3,(H2,12,13,14). The van der Waals surface area contributed by atoms with Crippen LogP contribution in [-0.4, -0.2) is 15.2 Å². The summed E-state index contributed by atoms with van der Waals surface area (Å²) >= 11 is 2.18. The van der Waals surface area contributed by atoms with Crippen molar-refractivity contribution in [2.75, 3.05) is 0 Å². The molecule has 14 heavy (non-hydrogen) atoms. The Hall–Kier alpha value is -1.04. The lowest BCUT2D eigenvalue weighted by Crippen LogP contribution is -1.86. The summed E-state index contributed by atoms with van der Waals surface area (Å²) in [6.07, 6.45) is 0. The summed E-state index contributed by atoms with van der Waals surface area (Å²) in [5.41, 5.74) is 1.58. The van der Waals surface area contributed by atoms with E-state index in [1.165, 1.54) is 6.07 Å². The lowest BCUT2D eigenvalue weighted by molar-refractivity contribution is 0.440. The Labute approximate surface area is 94.5 Å². The van der Waals surface area contributed by atoms with Crippen LogP contribution in [0, 0.1) is 10.5 Å². The fourth-order valence-corrected chi connectivity index (χ4v) is 2.20. The molecular weight excluding hydrogens is 293 g/mol. The van der Waals surface area contributed by atoms with Crippen molar-refractivity contribution in [3.63, 3.8) is 0 Å². The zero-order valence-electron chi connectivity index (χ0n) is 7.45. The van der Waals surface area contributed by atoms with Crippen LogP contribution < -0.4 is 0 Å². The van der Waals surface area contributed by atoms with Gasteiger partial charge in [0.1, 0.15) is 5.75 Å². The van der Waals surface area contributed by atoms with Crippen molar-refractivity contribution in [2.45, 2.75) is 6.92 Å². The SMILES string of the molecule is Cc1cc(I)cc2c(O)cc(O)nc12. The molecule has 0 unspecified atom stereocenters. The lowest BCUT2D eigenvalue weighted by Gasteiger charge is -2.05. The van der Waals surface area contributed by atoms with Gasteiger partial charge in [-0.15, -0.1) is 0 Å². The molecule has 0 radical (unpaired) electrons. The van der Waals surface area contributed by atoms with E-state index in [0.29, 0.717) is 10.9 Å². The van der Waals surface area contributed by atoms with Crippen LogP contribution in [0.3, 0.4) is 0 Å². The molecule has 1 heterocycles. The maximum Gasteiger partial charge on any atom is 0.215 e. The summed E-state index contributed by atoms with van der Waals surface area (Å²) in [7, 11) is 0. The summed E-state index contributed by atoms with van der Waals surface area (Å²) < 4.78 is 1.04. The van der Waals surface area contributed by atoms with Gasteiger partial charge >= 0.3 is 0 Å². The molecule has 0 saturated carbocycles. The third-order valence-corrected chi connectivity index (χ3v) is 2.66. The molecule has 0 fully saturated rings. The van der Waals surface area contributed by atoms with Crippen molar-refractivity contribution >= 4 is 33.5 Å². The summed E-state index contributed by atoms with van der Waals surface area (Å²) in [6, 6.07) is 5.04. The van der Waals surface area contributed by atoms with Crippen LogP contribution in [0.2, 0.25) is 0 Å². The Balaban J connectivity index is 2.94. The van der Waals surface area contributed by atoms with Crippen LogP contribution in [0.1, 0.15) is 5.56 Å². The van der Waals surface area contributed by atoms with E-state index in [9.17, 15) is 10.2 Å². The molecule has 0 aliphatic rings. The Morgan fingerprint density at radius 2 is 1.93 bits per heavy atom. The van der Waals surface area contributed by atoms with Crippen LogP contribution >= 0.6 is 22.6 Å². The van der Waals surface area contributed by atoms with Gasteiger partial charge in [0.15, 0.2) is 0 Å². The number of benzene rings is 1. The first-order valence-electron chi connectivity index (χ1n) is 4.07. The number of hydrogen-bond acceptors (Lipinski definition) is 3. The van der Waals surface area contributed by atoms with Gasteiger partial charge in [0.05, 0.1) is 5.52 Å². The first kappa shape index (κ1) is 9.51. The molecule has 4 heteroatoms. The van der Waals surface area contributed by atoms with Gasteiger partial charge in [0, 0.05) is 15.0 Å². The summed E-state index contributed by atoms with van der Waals surface area (Å²) in [5.74, 6) is -0.0894. The minimum Gasteiger partial charge on any atom is -0.507 e. The van der Waals surface area contributed by atoms with Crippen molar-refractivity contribution < 1.29 is 10.2 Å². The molecule has 0 aliphatic carbocycles. The third-order valence-electron chi connectivity index (χ3n) is 2.03. The molecule has 3 nitrogen and oxygen atoms in total. The second-order valence-electron chi connectivity index (χ2n) is 3.12. The zero-order valence-corrected chi connectivity index (χ0v) is 9.61. The largest absolute Gasteiger partial charge is 0.507 e. The smallest absolute Gasteiger partial charge is 0.215 e. The molecule has 0 spiro atoms. The fourth-order valence-electron chi connectivity index (χ4n) is 1.43. The van der Waals surface area contributed by atoms with Gasteiger partial charge in [-0.2, -0.15) is 0 Å². The molecule has 0 bridgehead atoms. The number of nitrogens with zero attached hydrogens (tertiary/aromatic N) is 1. The van der Waals surface area contributed by atoms with Crippen molar-refractivity contribution in [1.29, 1.82) is 0 Å². The summed E-state index contributed by atoms with van der Waals surface area (Å²) in [4.78, 5) is 3.97. The second kappa shape index (κ2) is 3.27. The van der Waals surface area contributed by atoms with E-state index >= 15 is 0 Å². The molecule has 0 aliphatic heterocycles. The van der Waals surface area contributed by atoms with Crippen molar-refractivity contribution in [3.8, 4) is 11.6 Å². The molecule has 2 rings (SSSR count). The number of aryl methyl sites for hydroxylation is 1. The topological polar surface area (TPSA) is 53.4 Å². The maximum absolute atomic E-state index is 9.60. The minimum absolute atomic E-state index is 0.0640. The molecule has 1 aromatic carbocycles. The quantitative estimate of drug-likeness (QED) is 0.735. The first-order chi connectivity index (χ1) is 6.58. The van der Waals surface area contributed by atoms with Crippen molar-refractivity contribution in [2.24, 2.45) is 0 Å². The first-order valence-corrected chi connectivity index (χ1v) is 5.14. The van der Waals surface area contributed by atoms with Crippen molar-refractivity contribution in [3.05, 3.63) is 27.3 Å². The highest BCUT2D eigenvalue weighted by atomic mass is 127. The predicted molar refractivity (Wildman–Crippen MR) is 62.5 cm³/mol. The van der Waals surface area contributed by atoms with Crippen LogP contribution in [0.25, 0.3) is 10.9 Å². The normalized spacial score (nSPS) is 10.7. The highest BCUT2D eigenvalue weighted by Crippen LogP contribution is 2.30. The third kappa shape index (κ3) is 1.50. The highest BCUT2D eigenvalue weighted by molar-refractivity contribution is 14.1. The van der Waals surface area contributed by atoms with Crippen molar-refractivity contribution in [1.82, 2.24) is 4.98 Å². The molecule has 0 atom stereocenters. The molecule has 2 aromatic rings. The Bertz CT molecular complexity index is 464. The van der Waals surface area contributed by atoms with Gasteiger partial charge < -0.3 is 10.2 Å². The number of pyridine rings is 1. The van der Waals surface area contributed by atoms with Crippen LogP contribution in [-0.2, 0) is 0 Å². The van der Waals surface area contributed by atoms with Crippen LogP contribution in [0.15, 0.2) is 18.2 Å². The van der Waals surface area contributed by atoms with E-state index in [2.05, 4.69) is 27.6 Å². The molecule has 0 amide bonds. The number of rotatable bonds is 0. The van der Waals surface area contributed by atoms with Gasteiger partial charge in [-0.3, -0.25) is 0 Å². The fraction of sp³-hybridized carbons (Fsp3) is 0.100. The van der Waals surface area contributed by atoms with E-state index in [-0.39, 0.29) is 11.6 Å². The second-order valence-corrected chi connectivity index (χ2v) is 4.36. The summed E-state index contributed by atoms with van der Waals surface area (Å²) in [5, 5.41) is 19.5. The molecule has 0 saturated heterocycles. The number of hydrogen-bond donors (Lipinski definition) is 2. The van der Waals surface area contributed by atoms with E-state index in [4.69, 9.17) is 0 Å². The lowest BCUT2D eigenvalue weighted by atomic mass is 10.1. The molecule has 1 aromatic heterocycles. The number of aromatic hydroxyl groups is 2. The van der Waals surface area contributed by atoms with E-state index < -0.39 is 0 Å². The number of fused-ring (bicyclic) bond motifs is 1. The number of aromatic nitrogens is 1. The van der Waals surface area contributed by atoms with E-state index in [1.807, 2.05) is 19.1 Å². The maximum atomic E-state index is 9.60. The van der Waals surface area contributed by atoms with Crippen LogP contribution in [0.5, 0.6) is 11.6 Å². The number of halogens is 1. The van der Waals surface area contributed by atoms with E-state index in [0.717, 1.165) is 9.13 Å². The van der Waals surface area contributed by atoms with Crippen LogP contribution in [0.4, 0.5) is 0 Å². The average Bonchev–Trinajstić information content (AvgIpc) is 2.07. The van der Waals surface area contributed by atoms with Gasteiger partial charge in [-0.1, -0.05) is 0 Å². The van der Waals surface area contributed by atoms with Gasteiger partial charge in [-0.05, 0) is 47.2 Å². The average molecular weight is 301 g/mol. The molecule has 72 valence electrons. The summed E-state index contributed by atoms with van der Waals surface area (Å²) in [6.45, 7) is 1.90. The zero-order chi connectivity index (χ0) is 10.3. The van der Waals surface area contributed by atoms with Gasteiger partial charge in [0.25, 0.3) is 0 Å². The minimum atomic E-state index is -0.153. The highest BCUT2D eigenvalue weighted by Gasteiger charge is 2.07. The predicted octanol–water partition coefficient (Wildman–Crippen LogP) is 2.56. The Morgan fingerprint density at radius 1 is 1.21 bits per heavy atom. The Kier molecular flexibility index (Phi) is 2.22. The molecule has 2 N–H and O–H groups in total. The van der Waals surface area contributed by atoms with E-state index in [1.54, 1.807) is 0 Å². The molecular formula is C10H8INO2. The Morgan fingerprint density at radius 3 is 2.64 bits per heavy atom. The van der Waals surface area contributed by atoms with Gasteiger partial charge in [0.2, 0.25) is 5.88 Å². The monoisotopic (exact) mass is 301 g/mol.